The van der Waals surface area contributed by atoms with Crippen LogP contribution in [0.5, 0.6) is 5.75 Å². The van der Waals surface area contributed by atoms with Crippen LogP contribution in [-0.2, 0) is 9.59 Å². The van der Waals surface area contributed by atoms with E-state index in [0.29, 0.717) is 21.9 Å². The van der Waals surface area contributed by atoms with E-state index in [9.17, 15) is 29.2 Å². The molecular weight excluding hydrogens is 818 g/mol. The molecule has 8 rings (SSSR count). The van der Waals surface area contributed by atoms with E-state index in [4.69, 9.17) is 16.3 Å². The lowest BCUT2D eigenvalue weighted by atomic mass is 9.71. The van der Waals surface area contributed by atoms with Crippen LogP contribution in [0.1, 0.15) is 128 Å². The van der Waals surface area contributed by atoms with Crippen LogP contribution >= 0.6 is 11.6 Å². The van der Waals surface area contributed by atoms with E-state index in [1.807, 2.05) is 18.2 Å². The van der Waals surface area contributed by atoms with Crippen LogP contribution in [0.3, 0.4) is 0 Å². The third kappa shape index (κ3) is 9.58. The normalized spacial score (nSPS) is 25.7. The first kappa shape index (κ1) is 44.2. The number of carbonyl (C=O) groups is 5. The first-order valence-electron chi connectivity index (χ1n) is 22.7. The van der Waals surface area contributed by atoms with E-state index in [0.717, 1.165) is 100 Å². The van der Waals surface area contributed by atoms with Gasteiger partial charge < -0.3 is 20.3 Å². The van der Waals surface area contributed by atoms with Crippen LogP contribution in [0.15, 0.2) is 60.7 Å². The van der Waals surface area contributed by atoms with Crippen molar-refractivity contribution in [3.8, 4) is 11.8 Å². The second-order valence-electron chi connectivity index (χ2n) is 18.7. The van der Waals surface area contributed by atoms with Gasteiger partial charge in [0.25, 0.3) is 17.7 Å². The molecule has 2 saturated carbocycles. The lowest BCUT2D eigenvalue weighted by molar-refractivity contribution is -0.136. The maximum Gasteiger partial charge on any atom is 0.262 e. The third-order valence-corrected chi connectivity index (χ3v) is 14.8. The number of benzene rings is 3. The van der Waals surface area contributed by atoms with Gasteiger partial charge in [-0.25, -0.2) is 0 Å². The fourth-order valence-corrected chi connectivity index (χ4v) is 10.9. The number of nitrogens with zero attached hydrogens (tertiary/aromatic N) is 4. The fourth-order valence-electron chi connectivity index (χ4n) is 10.7. The Morgan fingerprint density at radius 3 is 2.21 bits per heavy atom. The summed E-state index contributed by atoms with van der Waals surface area (Å²) in [6, 6.07) is 19.7. The van der Waals surface area contributed by atoms with E-state index in [-0.39, 0.29) is 52.9 Å². The van der Waals surface area contributed by atoms with E-state index >= 15 is 0 Å². The van der Waals surface area contributed by atoms with Crippen molar-refractivity contribution < 1.29 is 28.7 Å². The number of hydrogen-bond acceptors (Lipinski definition) is 10. The Kier molecular flexibility index (Phi) is 13.1. The zero-order valence-electron chi connectivity index (χ0n) is 36.3. The third-order valence-electron chi connectivity index (χ3n) is 14.4. The number of nitriles is 1. The largest absolute Gasteiger partial charge is 0.490 e. The van der Waals surface area contributed by atoms with Gasteiger partial charge in [-0.3, -0.25) is 39.1 Å². The molecule has 3 aliphatic heterocycles. The molecule has 2 saturated heterocycles. The van der Waals surface area contributed by atoms with Gasteiger partial charge in [0.15, 0.2) is 0 Å². The highest BCUT2D eigenvalue weighted by molar-refractivity contribution is 6.31. The quantitative estimate of drug-likeness (QED) is 0.0981. The van der Waals surface area contributed by atoms with Gasteiger partial charge in [-0.2, -0.15) is 5.26 Å². The minimum Gasteiger partial charge on any atom is -0.490 e. The van der Waals surface area contributed by atoms with Crippen molar-refractivity contribution in [2.45, 2.75) is 109 Å². The van der Waals surface area contributed by atoms with Gasteiger partial charge in [0.05, 0.1) is 27.8 Å². The molecular formula is C49H58ClN7O6. The summed E-state index contributed by atoms with van der Waals surface area (Å²) in [5, 5.41) is 18.5. The topological polar surface area (TPSA) is 164 Å². The van der Waals surface area contributed by atoms with Crippen molar-refractivity contribution in [3.63, 3.8) is 0 Å². The molecule has 0 bridgehead atoms. The summed E-state index contributed by atoms with van der Waals surface area (Å²) in [5.74, 6) is -1.31. The predicted octanol–water partition coefficient (Wildman–Crippen LogP) is 7.33. The summed E-state index contributed by atoms with van der Waals surface area (Å²) in [7, 11) is 0. The Balaban J connectivity index is 0.680. The van der Waals surface area contributed by atoms with Crippen molar-refractivity contribution in [2.24, 2.45) is 10.8 Å². The average molecular weight is 876 g/mol. The maximum absolute atomic E-state index is 13.4. The minimum absolute atomic E-state index is 0.0172. The molecule has 0 aromatic heterocycles. The van der Waals surface area contributed by atoms with Gasteiger partial charge in [0.1, 0.15) is 17.9 Å². The molecule has 0 radical (unpaired) electrons. The highest BCUT2D eigenvalue weighted by atomic mass is 35.5. The molecule has 5 aliphatic rings. The summed E-state index contributed by atoms with van der Waals surface area (Å²) in [5.41, 5.74) is 3.73. The van der Waals surface area contributed by atoms with Crippen molar-refractivity contribution in [1.82, 2.24) is 20.4 Å². The Hall–Kier alpha value is -5.45. The fraction of sp³-hybridized carbons (Fsp3) is 0.510. The molecule has 0 spiro atoms. The lowest BCUT2D eigenvalue weighted by Crippen LogP contribution is -2.54. The Labute approximate surface area is 374 Å². The van der Waals surface area contributed by atoms with Crippen LogP contribution in [0.4, 0.5) is 11.4 Å². The van der Waals surface area contributed by atoms with Gasteiger partial charge in [0.2, 0.25) is 11.8 Å². The number of unbranched alkanes of at least 4 members (excludes halogenated alkanes) is 5. The van der Waals surface area contributed by atoms with Gasteiger partial charge in [-0.15, -0.1) is 0 Å². The number of anilines is 2. The van der Waals surface area contributed by atoms with E-state index < -0.39 is 29.7 Å². The second kappa shape index (κ2) is 18.7. The molecule has 5 amide bonds. The Bertz CT molecular complexity index is 2270. The highest BCUT2D eigenvalue weighted by Gasteiger charge is 2.59. The van der Waals surface area contributed by atoms with E-state index in [2.05, 4.69) is 57.8 Å². The number of rotatable bonds is 16. The number of halogens is 1. The van der Waals surface area contributed by atoms with Crippen molar-refractivity contribution in [3.05, 3.63) is 87.9 Å². The number of amides is 5. The van der Waals surface area contributed by atoms with Crippen molar-refractivity contribution in [2.75, 3.05) is 49.5 Å². The number of imide groups is 2. The number of ether oxygens (including phenoxy) is 1. The van der Waals surface area contributed by atoms with Gasteiger partial charge in [-0.05, 0) is 117 Å². The van der Waals surface area contributed by atoms with Crippen LogP contribution in [0, 0.1) is 22.2 Å². The summed E-state index contributed by atoms with van der Waals surface area (Å²) in [4.78, 5) is 69.3. The molecule has 3 unspecified atom stereocenters. The highest BCUT2D eigenvalue weighted by Crippen LogP contribution is 2.63. The summed E-state index contributed by atoms with van der Waals surface area (Å²) in [6.07, 6.45) is 10.8. The first-order chi connectivity index (χ1) is 30.3. The van der Waals surface area contributed by atoms with Crippen LogP contribution in [-0.4, -0.2) is 96.8 Å². The average Bonchev–Trinajstić information content (AvgIpc) is 3.75. The first-order valence-corrected chi connectivity index (χ1v) is 23.0. The lowest BCUT2D eigenvalue weighted by Gasteiger charge is -2.36. The predicted molar refractivity (Wildman–Crippen MR) is 241 cm³/mol. The molecule has 332 valence electrons. The number of carbonyl (C=O) groups excluding carboxylic acids is 5. The summed E-state index contributed by atoms with van der Waals surface area (Å²) in [6.45, 7) is 10.5. The van der Waals surface area contributed by atoms with E-state index in [1.54, 1.807) is 30.3 Å². The molecule has 14 heteroatoms. The van der Waals surface area contributed by atoms with Crippen LogP contribution in [0.25, 0.3) is 0 Å². The second-order valence-corrected chi connectivity index (χ2v) is 19.1. The zero-order valence-corrected chi connectivity index (χ0v) is 37.1. The van der Waals surface area contributed by atoms with Gasteiger partial charge >= 0.3 is 0 Å². The van der Waals surface area contributed by atoms with Crippen LogP contribution in [0.2, 0.25) is 5.02 Å². The van der Waals surface area contributed by atoms with Gasteiger partial charge in [0, 0.05) is 68.2 Å². The van der Waals surface area contributed by atoms with Gasteiger partial charge in [-0.1, -0.05) is 51.1 Å². The summed E-state index contributed by atoms with van der Waals surface area (Å²) < 4.78 is 6.34. The molecule has 3 aromatic carbocycles. The molecule has 3 N–H and O–H groups in total. The maximum atomic E-state index is 13.4. The molecule has 3 heterocycles. The molecule has 2 aliphatic carbocycles. The van der Waals surface area contributed by atoms with Crippen molar-refractivity contribution >= 4 is 52.5 Å². The minimum atomic E-state index is -0.963. The number of piperidine rings is 1. The number of piperazine rings is 1. The summed E-state index contributed by atoms with van der Waals surface area (Å²) >= 11 is 6.25. The number of fused-ring (bicyclic) bond motifs is 2. The number of hydrogen-bond donors (Lipinski definition) is 3. The smallest absolute Gasteiger partial charge is 0.262 e. The number of nitrogens with one attached hydrogen (secondary N) is 3. The molecule has 3 aromatic rings. The Morgan fingerprint density at radius 1 is 0.841 bits per heavy atom. The van der Waals surface area contributed by atoms with Crippen LogP contribution < -0.4 is 25.6 Å². The SMILES string of the molecule is C[C@@]12CC(NC(=O)c3ccc(N4CCN(CCCCCCCCNc5ccc6c(c5)C(=O)N(C5CCC(=O)NC5=O)C6=O)CC4)cc3)C[C@]1(C)CC(Oc1ccc(C#N)c(Cl)c1)C2. The standard InChI is InChI=1S/C49H58ClN7O6/c1-48-27-35(28-49(48,2)30-38(29-48)63-37-15-11-33(31-51)41(50)26-37)53-44(59)32-9-13-36(14-10-32)56-23-21-55(22-24-56)20-8-6-4-3-5-7-19-52-34-12-16-39-40(25-34)47(62)57(46(39)61)42-17-18-43(58)54-45(42)60/h9-16,25-26,35,38,42,52H,3-8,17-24,27-30H2,1-2H3,(H,53,59)(H,54,58,60)/t35?,38?,42?,48-,49+. The molecule has 13 nitrogen and oxygen atoms in total. The molecule has 63 heavy (non-hydrogen) atoms. The van der Waals surface area contributed by atoms with E-state index in [1.165, 1.54) is 19.3 Å². The molecule has 4 fully saturated rings. The Morgan fingerprint density at radius 2 is 1.52 bits per heavy atom. The zero-order chi connectivity index (χ0) is 44.3. The van der Waals surface area contributed by atoms with Crippen molar-refractivity contribution in [1.29, 1.82) is 5.26 Å². The monoisotopic (exact) mass is 875 g/mol. The molecule has 5 atom stereocenters.